The SMILES string of the molecule is CNC(=O)[C@H]1[C@H]2C(=O)N([C@@H](CO)C(C)C)C(C(=O)NCCN3CCOCC3)C23CC(Br)[C@@H]1S3. The first-order chi connectivity index (χ1) is 15.8. The standard InChI is InChI=1S/C22H35BrN4O5S/c1-12(2)14(11-28)27-18(20(30)25-4-5-26-6-8-32-9-7-26)22-10-13(23)17(33-22)15(19(29)24-3)16(22)21(27)31/h12-18,28H,4-11H2,1-3H3,(H,24,29)(H,25,30)/t13?,14-,15-,16-,17-,18?,22?/m0/s1. The predicted molar refractivity (Wildman–Crippen MR) is 129 cm³/mol. The molecule has 0 aromatic carbocycles. The van der Waals surface area contributed by atoms with E-state index in [0.717, 1.165) is 19.6 Å². The van der Waals surface area contributed by atoms with Gasteiger partial charge in [-0.15, -0.1) is 11.8 Å². The summed E-state index contributed by atoms with van der Waals surface area (Å²) in [6.07, 6.45) is 0.639. The average Bonchev–Trinajstić information content (AvgIpc) is 3.38. The first-order valence-electron chi connectivity index (χ1n) is 11.8. The maximum absolute atomic E-state index is 13.9. The Morgan fingerprint density at radius 3 is 2.61 bits per heavy atom. The van der Waals surface area contributed by atoms with E-state index >= 15 is 0 Å². The number of amides is 3. The van der Waals surface area contributed by atoms with Gasteiger partial charge in [0.25, 0.3) is 0 Å². The molecule has 0 aliphatic carbocycles. The molecule has 4 saturated heterocycles. The second-order valence-corrected chi connectivity index (χ2v) is 12.5. The summed E-state index contributed by atoms with van der Waals surface area (Å²) in [5.74, 6) is -1.62. The Morgan fingerprint density at radius 2 is 2.00 bits per heavy atom. The van der Waals surface area contributed by atoms with Gasteiger partial charge in [-0.05, 0) is 12.3 Å². The van der Waals surface area contributed by atoms with E-state index in [1.54, 1.807) is 23.7 Å². The summed E-state index contributed by atoms with van der Waals surface area (Å²) in [6, 6.07) is -1.20. The Hall–Kier alpha value is -0.880. The van der Waals surface area contributed by atoms with Crippen molar-refractivity contribution in [2.45, 2.75) is 47.2 Å². The molecule has 11 heteroatoms. The number of nitrogens with zero attached hydrogens (tertiary/aromatic N) is 2. The summed E-state index contributed by atoms with van der Waals surface area (Å²) >= 11 is 5.35. The molecule has 0 aromatic rings. The van der Waals surface area contributed by atoms with Crippen LogP contribution >= 0.6 is 27.7 Å². The highest BCUT2D eigenvalue weighted by Gasteiger charge is 2.76. The molecular formula is C22H35BrN4O5S. The summed E-state index contributed by atoms with van der Waals surface area (Å²) in [6.45, 7) is 7.94. The molecular weight excluding hydrogens is 512 g/mol. The van der Waals surface area contributed by atoms with Crippen LogP contribution in [0.15, 0.2) is 0 Å². The first kappa shape index (κ1) is 25.2. The number of likely N-dealkylation sites (tertiary alicyclic amines) is 1. The highest BCUT2D eigenvalue weighted by molar-refractivity contribution is 9.09. The first-order valence-corrected chi connectivity index (χ1v) is 13.6. The summed E-state index contributed by atoms with van der Waals surface area (Å²) in [4.78, 5) is 44.3. The highest BCUT2D eigenvalue weighted by Crippen LogP contribution is 2.68. The molecule has 2 bridgehead atoms. The Balaban J connectivity index is 1.62. The van der Waals surface area contributed by atoms with Gasteiger partial charge in [-0.3, -0.25) is 19.3 Å². The third kappa shape index (κ3) is 4.22. The molecule has 4 rings (SSSR count). The maximum atomic E-state index is 13.9. The Labute approximate surface area is 207 Å². The maximum Gasteiger partial charge on any atom is 0.244 e. The minimum atomic E-state index is -0.719. The van der Waals surface area contributed by atoms with Gasteiger partial charge in [-0.2, -0.15) is 0 Å². The number of hydrogen-bond acceptors (Lipinski definition) is 7. The van der Waals surface area contributed by atoms with Gasteiger partial charge in [-0.1, -0.05) is 29.8 Å². The number of morpholine rings is 1. The molecule has 9 nitrogen and oxygen atoms in total. The number of aliphatic hydroxyl groups excluding tert-OH is 1. The normalized spacial score (nSPS) is 36.8. The average molecular weight is 548 g/mol. The number of carbonyl (C=O) groups is 3. The number of halogens is 1. The lowest BCUT2D eigenvalue weighted by Gasteiger charge is -2.38. The number of aliphatic hydroxyl groups is 1. The number of carbonyl (C=O) groups excluding carboxylic acids is 3. The van der Waals surface area contributed by atoms with Crippen molar-refractivity contribution in [1.29, 1.82) is 0 Å². The van der Waals surface area contributed by atoms with Gasteiger partial charge in [0.2, 0.25) is 17.7 Å². The molecule has 4 fully saturated rings. The predicted octanol–water partition coefficient (Wildman–Crippen LogP) is -0.338. The molecule has 186 valence electrons. The van der Waals surface area contributed by atoms with Gasteiger partial charge in [0.05, 0.1) is 42.4 Å². The fourth-order valence-corrected chi connectivity index (χ4v) is 9.67. The van der Waals surface area contributed by atoms with Crippen LogP contribution in [0.3, 0.4) is 0 Å². The Morgan fingerprint density at radius 1 is 1.30 bits per heavy atom. The van der Waals surface area contributed by atoms with Crippen molar-refractivity contribution in [2.75, 3.05) is 53.0 Å². The van der Waals surface area contributed by atoms with Gasteiger partial charge in [0.15, 0.2) is 0 Å². The van der Waals surface area contributed by atoms with E-state index in [1.165, 1.54) is 0 Å². The zero-order valence-electron chi connectivity index (χ0n) is 19.5. The van der Waals surface area contributed by atoms with Gasteiger partial charge in [0, 0.05) is 43.3 Å². The van der Waals surface area contributed by atoms with Crippen molar-refractivity contribution >= 4 is 45.4 Å². The zero-order valence-corrected chi connectivity index (χ0v) is 21.9. The summed E-state index contributed by atoms with van der Waals surface area (Å²) < 4.78 is 4.70. The van der Waals surface area contributed by atoms with E-state index in [-0.39, 0.29) is 40.3 Å². The Kier molecular flexibility index (Phi) is 7.65. The second-order valence-electron chi connectivity index (χ2n) is 9.76. The van der Waals surface area contributed by atoms with Crippen LogP contribution in [0, 0.1) is 17.8 Å². The number of ether oxygens (including phenoxy) is 1. The Bertz CT molecular complexity index is 782. The zero-order chi connectivity index (χ0) is 23.9. The van der Waals surface area contributed by atoms with E-state index in [2.05, 4.69) is 31.5 Å². The lowest BCUT2D eigenvalue weighted by atomic mass is 9.70. The van der Waals surface area contributed by atoms with Crippen molar-refractivity contribution in [1.82, 2.24) is 20.4 Å². The van der Waals surface area contributed by atoms with Crippen molar-refractivity contribution in [3.63, 3.8) is 0 Å². The molecule has 0 saturated carbocycles. The minimum Gasteiger partial charge on any atom is -0.394 e. The highest BCUT2D eigenvalue weighted by atomic mass is 79.9. The fraction of sp³-hybridized carbons (Fsp3) is 0.864. The van der Waals surface area contributed by atoms with Crippen LogP contribution in [0.2, 0.25) is 0 Å². The van der Waals surface area contributed by atoms with Gasteiger partial charge in [-0.25, -0.2) is 0 Å². The van der Waals surface area contributed by atoms with E-state index in [4.69, 9.17) is 4.74 Å². The number of hydrogen-bond donors (Lipinski definition) is 3. The van der Waals surface area contributed by atoms with E-state index in [0.29, 0.717) is 26.2 Å². The molecule has 7 atom stereocenters. The van der Waals surface area contributed by atoms with Gasteiger partial charge in [0.1, 0.15) is 6.04 Å². The lowest BCUT2D eigenvalue weighted by molar-refractivity contribution is -0.143. The number of fused-ring (bicyclic) bond motifs is 1. The van der Waals surface area contributed by atoms with Gasteiger partial charge >= 0.3 is 0 Å². The summed E-state index contributed by atoms with van der Waals surface area (Å²) in [7, 11) is 1.59. The molecule has 1 spiro atoms. The number of nitrogens with one attached hydrogen (secondary N) is 2. The number of rotatable bonds is 8. The van der Waals surface area contributed by atoms with E-state index in [1.807, 2.05) is 13.8 Å². The van der Waals surface area contributed by atoms with Crippen molar-refractivity contribution in [3.8, 4) is 0 Å². The number of alkyl halides is 1. The third-order valence-corrected chi connectivity index (χ3v) is 10.9. The monoisotopic (exact) mass is 546 g/mol. The van der Waals surface area contributed by atoms with Crippen LogP contribution in [-0.4, -0.2) is 113 Å². The molecule has 4 aliphatic rings. The van der Waals surface area contributed by atoms with Gasteiger partial charge < -0.3 is 25.4 Å². The molecule has 3 unspecified atom stereocenters. The van der Waals surface area contributed by atoms with Crippen LogP contribution < -0.4 is 10.6 Å². The van der Waals surface area contributed by atoms with Crippen molar-refractivity contribution in [2.24, 2.45) is 17.8 Å². The topological polar surface area (TPSA) is 111 Å². The third-order valence-electron chi connectivity index (χ3n) is 7.67. The van der Waals surface area contributed by atoms with Crippen LogP contribution in [-0.2, 0) is 19.1 Å². The quantitative estimate of drug-likeness (QED) is 0.357. The van der Waals surface area contributed by atoms with E-state index < -0.39 is 28.7 Å². The van der Waals surface area contributed by atoms with Crippen LogP contribution in [0.1, 0.15) is 20.3 Å². The molecule has 3 N–H and O–H groups in total. The molecule has 0 aromatic heterocycles. The molecule has 4 heterocycles. The van der Waals surface area contributed by atoms with Crippen molar-refractivity contribution < 1.29 is 24.2 Å². The molecule has 33 heavy (non-hydrogen) atoms. The van der Waals surface area contributed by atoms with Crippen molar-refractivity contribution in [3.05, 3.63) is 0 Å². The number of thioether (sulfide) groups is 1. The molecule has 3 amide bonds. The largest absolute Gasteiger partial charge is 0.394 e. The smallest absolute Gasteiger partial charge is 0.244 e. The molecule has 4 aliphatic heterocycles. The van der Waals surface area contributed by atoms with Crippen LogP contribution in [0.5, 0.6) is 0 Å². The van der Waals surface area contributed by atoms with Crippen LogP contribution in [0.25, 0.3) is 0 Å². The second kappa shape index (κ2) is 10.0. The molecule has 0 radical (unpaired) electrons. The minimum absolute atomic E-state index is 0.0294. The summed E-state index contributed by atoms with van der Waals surface area (Å²) in [5, 5.41) is 15.9. The fourth-order valence-electron chi connectivity index (χ4n) is 6.07. The van der Waals surface area contributed by atoms with Crippen LogP contribution in [0.4, 0.5) is 0 Å². The summed E-state index contributed by atoms with van der Waals surface area (Å²) in [5.41, 5.74) is 0. The lowest BCUT2D eigenvalue weighted by Crippen LogP contribution is -2.58. The van der Waals surface area contributed by atoms with E-state index in [9.17, 15) is 19.5 Å².